The summed E-state index contributed by atoms with van der Waals surface area (Å²) < 4.78 is 6.10. The first-order valence-corrected chi connectivity index (χ1v) is 9.71. The van der Waals surface area contributed by atoms with Gasteiger partial charge in [-0.15, -0.1) is 0 Å². The number of pyridine rings is 1. The summed E-state index contributed by atoms with van der Waals surface area (Å²) in [6.07, 6.45) is 1.47. The molecular formula is C20H24BrN3O3. The van der Waals surface area contributed by atoms with E-state index in [0.29, 0.717) is 30.7 Å². The molecule has 144 valence electrons. The Balaban J connectivity index is 1.70. The number of nitrogens with zero attached hydrogens (tertiary/aromatic N) is 3. The van der Waals surface area contributed by atoms with Crippen LogP contribution < -0.4 is 4.90 Å². The molecule has 2 aromatic rings. The number of phenolic OH excluding ortho intramolecular Hbond substituents is 1. The minimum Gasteiger partial charge on any atom is -0.506 e. The minimum absolute atomic E-state index is 0.212. The van der Waals surface area contributed by atoms with Crippen molar-refractivity contribution in [2.75, 3.05) is 31.1 Å². The van der Waals surface area contributed by atoms with Gasteiger partial charge in [0.1, 0.15) is 17.2 Å². The molecule has 0 atom stereocenters. The number of para-hydroxylation sites is 1. The van der Waals surface area contributed by atoms with Crippen LogP contribution in [0.2, 0.25) is 0 Å². The van der Waals surface area contributed by atoms with Gasteiger partial charge in [-0.3, -0.25) is 0 Å². The van der Waals surface area contributed by atoms with E-state index in [2.05, 4.69) is 25.8 Å². The molecule has 1 aromatic carbocycles. The molecule has 6 nitrogen and oxygen atoms in total. The topological polar surface area (TPSA) is 65.9 Å². The van der Waals surface area contributed by atoms with Gasteiger partial charge in [0.05, 0.1) is 4.47 Å². The predicted octanol–water partition coefficient (Wildman–Crippen LogP) is 4.27. The summed E-state index contributed by atoms with van der Waals surface area (Å²) in [5.41, 5.74) is 1.16. The smallest absolute Gasteiger partial charge is 0.410 e. The van der Waals surface area contributed by atoms with Gasteiger partial charge in [-0.25, -0.2) is 9.78 Å². The van der Waals surface area contributed by atoms with Gasteiger partial charge in [-0.1, -0.05) is 12.1 Å². The number of rotatable bonds is 2. The highest BCUT2D eigenvalue weighted by Gasteiger charge is 2.26. The Bertz CT molecular complexity index is 827. The van der Waals surface area contributed by atoms with Crippen molar-refractivity contribution in [3.63, 3.8) is 0 Å². The van der Waals surface area contributed by atoms with Crippen LogP contribution in [0.4, 0.5) is 10.6 Å². The monoisotopic (exact) mass is 433 g/mol. The minimum atomic E-state index is -0.490. The molecule has 1 aliphatic rings. The second kappa shape index (κ2) is 7.76. The number of anilines is 1. The van der Waals surface area contributed by atoms with Gasteiger partial charge < -0.3 is 19.6 Å². The summed E-state index contributed by atoms with van der Waals surface area (Å²) in [5, 5.41) is 10.3. The number of hydrogen-bond acceptors (Lipinski definition) is 5. The zero-order valence-electron chi connectivity index (χ0n) is 15.8. The van der Waals surface area contributed by atoms with Crippen LogP contribution in [0.15, 0.2) is 41.0 Å². The van der Waals surface area contributed by atoms with E-state index < -0.39 is 5.60 Å². The first-order chi connectivity index (χ1) is 12.7. The molecule has 1 fully saturated rings. The first kappa shape index (κ1) is 19.5. The Hall–Kier alpha value is -2.28. The fraction of sp³-hybridized carbons (Fsp3) is 0.400. The van der Waals surface area contributed by atoms with Crippen molar-refractivity contribution in [3.8, 4) is 16.9 Å². The van der Waals surface area contributed by atoms with Crippen molar-refractivity contribution >= 4 is 27.8 Å². The van der Waals surface area contributed by atoms with E-state index in [9.17, 15) is 9.90 Å². The van der Waals surface area contributed by atoms with E-state index in [4.69, 9.17) is 4.74 Å². The highest BCUT2D eigenvalue weighted by atomic mass is 79.9. The van der Waals surface area contributed by atoms with E-state index in [-0.39, 0.29) is 11.8 Å². The van der Waals surface area contributed by atoms with Crippen LogP contribution in [-0.2, 0) is 4.74 Å². The van der Waals surface area contributed by atoms with E-state index in [1.54, 1.807) is 17.2 Å². The third-order valence-corrected chi connectivity index (χ3v) is 4.94. The van der Waals surface area contributed by atoms with Gasteiger partial charge in [0, 0.05) is 37.9 Å². The predicted molar refractivity (Wildman–Crippen MR) is 109 cm³/mol. The summed E-state index contributed by atoms with van der Waals surface area (Å²) in [6, 6.07) is 9.40. The number of benzene rings is 1. The number of carbonyl (C=O) groups excluding carboxylic acids is 1. The van der Waals surface area contributed by atoms with E-state index in [0.717, 1.165) is 16.9 Å². The standard InChI is InChI=1S/C20H24BrN3O3/c1-20(2,3)27-19(26)24-11-9-23(10-12-24)17-13-14(7-8-22-17)15-5-4-6-16(21)18(15)25/h4-8,13,25H,9-12H2,1-3H3. The third kappa shape index (κ3) is 4.71. The second-order valence-electron chi connectivity index (χ2n) is 7.49. The van der Waals surface area contributed by atoms with Crippen LogP contribution in [0.5, 0.6) is 5.75 Å². The second-order valence-corrected chi connectivity index (χ2v) is 8.35. The van der Waals surface area contributed by atoms with Gasteiger partial charge in [0.2, 0.25) is 0 Å². The van der Waals surface area contributed by atoms with Crippen LogP contribution in [0.3, 0.4) is 0 Å². The van der Waals surface area contributed by atoms with Gasteiger partial charge in [0.25, 0.3) is 0 Å². The Labute approximate surface area is 167 Å². The van der Waals surface area contributed by atoms with Crippen LogP contribution in [-0.4, -0.2) is 52.9 Å². The number of halogens is 1. The summed E-state index contributed by atoms with van der Waals surface area (Å²) in [7, 11) is 0. The molecule has 2 heterocycles. The maximum absolute atomic E-state index is 12.2. The van der Waals surface area contributed by atoms with Gasteiger partial charge in [-0.05, 0) is 60.5 Å². The number of amides is 1. The van der Waals surface area contributed by atoms with E-state index in [1.165, 1.54) is 0 Å². The summed E-state index contributed by atoms with van der Waals surface area (Å²) in [4.78, 5) is 20.5. The Morgan fingerprint density at radius 2 is 1.89 bits per heavy atom. The van der Waals surface area contributed by atoms with Crippen molar-refractivity contribution in [2.24, 2.45) is 0 Å². The van der Waals surface area contributed by atoms with E-state index in [1.807, 2.05) is 45.0 Å². The Morgan fingerprint density at radius 1 is 1.19 bits per heavy atom. The zero-order valence-corrected chi connectivity index (χ0v) is 17.4. The highest BCUT2D eigenvalue weighted by molar-refractivity contribution is 9.10. The number of carbonyl (C=O) groups is 1. The molecule has 27 heavy (non-hydrogen) atoms. The van der Waals surface area contributed by atoms with E-state index >= 15 is 0 Å². The molecule has 0 aliphatic carbocycles. The maximum atomic E-state index is 12.2. The Morgan fingerprint density at radius 3 is 2.56 bits per heavy atom. The lowest BCUT2D eigenvalue weighted by Gasteiger charge is -2.36. The molecule has 0 radical (unpaired) electrons. The normalized spacial score (nSPS) is 15.0. The van der Waals surface area contributed by atoms with Crippen LogP contribution >= 0.6 is 15.9 Å². The van der Waals surface area contributed by atoms with Crippen LogP contribution in [0, 0.1) is 0 Å². The first-order valence-electron chi connectivity index (χ1n) is 8.91. The molecule has 7 heteroatoms. The number of piperazine rings is 1. The molecule has 0 bridgehead atoms. The molecule has 1 amide bonds. The van der Waals surface area contributed by atoms with Crippen molar-refractivity contribution < 1.29 is 14.6 Å². The fourth-order valence-corrected chi connectivity index (χ4v) is 3.32. The van der Waals surface area contributed by atoms with Crippen molar-refractivity contribution in [2.45, 2.75) is 26.4 Å². The van der Waals surface area contributed by atoms with Crippen molar-refractivity contribution in [1.29, 1.82) is 0 Å². The highest BCUT2D eigenvalue weighted by Crippen LogP contribution is 2.36. The molecular weight excluding hydrogens is 410 g/mol. The largest absolute Gasteiger partial charge is 0.506 e. The molecule has 1 aliphatic heterocycles. The number of phenols is 1. The zero-order chi connectivity index (χ0) is 19.6. The lowest BCUT2D eigenvalue weighted by Crippen LogP contribution is -2.50. The SMILES string of the molecule is CC(C)(C)OC(=O)N1CCN(c2cc(-c3cccc(Br)c3O)ccn2)CC1. The van der Waals surface area contributed by atoms with Gasteiger partial charge >= 0.3 is 6.09 Å². The lowest BCUT2D eigenvalue weighted by molar-refractivity contribution is 0.0240. The van der Waals surface area contributed by atoms with Crippen LogP contribution in [0.25, 0.3) is 11.1 Å². The lowest BCUT2D eigenvalue weighted by atomic mass is 10.1. The molecule has 0 spiro atoms. The molecule has 0 saturated carbocycles. The summed E-state index contributed by atoms with van der Waals surface area (Å²) >= 11 is 3.35. The van der Waals surface area contributed by atoms with Gasteiger partial charge in [0.15, 0.2) is 0 Å². The van der Waals surface area contributed by atoms with Crippen molar-refractivity contribution in [1.82, 2.24) is 9.88 Å². The average Bonchev–Trinajstić information content (AvgIpc) is 2.63. The quantitative estimate of drug-likeness (QED) is 0.765. The molecule has 1 aromatic heterocycles. The van der Waals surface area contributed by atoms with Crippen molar-refractivity contribution in [3.05, 3.63) is 41.0 Å². The van der Waals surface area contributed by atoms with Gasteiger partial charge in [-0.2, -0.15) is 0 Å². The number of aromatic hydroxyl groups is 1. The molecule has 3 rings (SSSR count). The molecule has 0 unspecified atom stereocenters. The summed E-state index contributed by atoms with van der Waals surface area (Å²) in [6.45, 7) is 8.14. The fourth-order valence-electron chi connectivity index (χ4n) is 2.95. The Kier molecular flexibility index (Phi) is 5.60. The molecule has 1 N–H and O–H groups in total. The van der Waals surface area contributed by atoms with Crippen LogP contribution in [0.1, 0.15) is 20.8 Å². The number of ether oxygens (including phenoxy) is 1. The third-order valence-electron chi connectivity index (χ3n) is 4.30. The average molecular weight is 434 g/mol. The maximum Gasteiger partial charge on any atom is 0.410 e. The number of hydrogen-bond donors (Lipinski definition) is 1. The molecule has 1 saturated heterocycles. The number of aromatic nitrogens is 1. The summed E-state index contributed by atoms with van der Waals surface area (Å²) in [5.74, 6) is 1.04.